The minimum Gasteiger partial charge on any atom is -0.441 e. The van der Waals surface area contributed by atoms with Gasteiger partial charge < -0.3 is 15.4 Å². The number of likely N-dealkylation sites (tertiary alicyclic amines) is 1. The molecule has 0 bridgehead atoms. The van der Waals surface area contributed by atoms with E-state index in [2.05, 4.69) is 20.5 Å². The summed E-state index contributed by atoms with van der Waals surface area (Å²) in [5, 5.41) is 8.06. The SMILES string of the molecule is CC[C@H](C(=O)Nc1nccs1)N1CCC2(CC1)CNC(=O)O2. The molecule has 0 saturated carbocycles. The van der Waals surface area contributed by atoms with Gasteiger partial charge in [0.15, 0.2) is 5.13 Å². The van der Waals surface area contributed by atoms with Crippen LogP contribution < -0.4 is 10.6 Å². The highest BCUT2D eigenvalue weighted by Gasteiger charge is 2.44. The van der Waals surface area contributed by atoms with Gasteiger partial charge in [0.25, 0.3) is 0 Å². The second-order valence-electron chi connectivity index (χ2n) is 5.71. The lowest BCUT2D eigenvalue weighted by Gasteiger charge is -2.40. The third-order valence-electron chi connectivity index (χ3n) is 4.37. The largest absolute Gasteiger partial charge is 0.441 e. The summed E-state index contributed by atoms with van der Waals surface area (Å²) in [5.74, 6) is -0.0186. The average molecular weight is 324 g/mol. The van der Waals surface area contributed by atoms with Crippen molar-refractivity contribution < 1.29 is 14.3 Å². The van der Waals surface area contributed by atoms with Crippen molar-refractivity contribution in [1.29, 1.82) is 0 Å². The Balaban J connectivity index is 1.58. The molecule has 0 aromatic carbocycles. The number of alkyl carbamates (subject to hydrolysis) is 1. The van der Waals surface area contributed by atoms with E-state index in [1.165, 1.54) is 11.3 Å². The van der Waals surface area contributed by atoms with E-state index in [4.69, 9.17) is 4.74 Å². The number of nitrogens with zero attached hydrogens (tertiary/aromatic N) is 2. The number of amides is 2. The van der Waals surface area contributed by atoms with Gasteiger partial charge in [0.2, 0.25) is 5.91 Å². The van der Waals surface area contributed by atoms with Crippen LogP contribution in [-0.2, 0) is 9.53 Å². The lowest BCUT2D eigenvalue weighted by Crippen LogP contribution is -2.52. The first kappa shape index (κ1) is 15.2. The van der Waals surface area contributed by atoms with Crippen LogP contribution in [0, 0.1) is 0 Å². The van der Waals surface area contributed by atoms with E-state index in [9.17, 15) is 9.59 Å². The molecular weight excluding hydrogens is 304 g/mol. The lowest BCUT2D eigenvalue weighted by atomic mass is 9.90. The molecule has 1 aromatic rings. The topological polar surface area (TPSA) is 83.6 Å². The Hall–Kier alpha value is -1.67. The fourth-order valence-electron chi connectivity index (χ4n) is 3.11. The molecule has 120 valence electrons. The van der Waals surface area contributed by atoms with Gasteiger partial charge >= 0.3 is 6.09 Å². The molecule has 2 saturated heterocycles. The zero-order valence-electron chi connectivity index (χ0n) is 12.5. The minimum atomic E-state index is -0.377. The number of ether oxygens (including phenoxy) is 1. The van der Waals surface area contributed by atoms with Crippen LogP contribution in [0.25, 0.3) is 0 Å². The number of anilines is 1. The first-order valence-corrected chi connectivity index (χ1v) is 8.41. The predicted octanol–water partition coefficient (Wildman–Crippen LogP) is 1.43. The molecule has 7 nitrogen and oxygen atoms in total. The Bertz CT molecular complexity index is 540. The molecule has 1 spiro atoms. The Kier molecular flexibility index (Phi) is 4.30. The molecule has 1 aromatic heterocycles. The van der Waals surface area contributed by atoms with E-state index < -0.39 is 0 Å². The van der Waals surface area contributed by atoms with Gasteiger partial charge in [-0.3, -0.25) is 9.69 Å². The standard InChI is InChI=1S/C14H20N4O3S/c1-2-10(11(19)17-12-15-5-8-22-12)18-6-3-14(4-7-18)9-16-13(20)21-14/h5,8,10H,2-4,6-7,9H2,1H3,(H,16,20)(H,15,17,19)/t10-/m1/s1. The molecule has 0 aliphatic carbocycles. The molecule has 2 N–H and O–H groups in total. The molecule has 2 amide bonds. The van der Waals surface area contributed by atoms with Crippen LogP contribution in [0.4, 0.5) is 9.93 Å². The maximum Gasteiger partial charge on any atom is 0.407 e. The van der Waals surface area contributed by atoms with Gasteiger partial charge in [-0.1, -0.05) is 6.92 Å². The second kappa shape index (κ2) is 6.21. The maximum atomic E-state index is 12.4. The molecule has 0 unspecified atom stereocenters. The minimum absolute atomic E-state index is 0.0186. The predicted molar refractivity (Wildman–Crippen MR) is 82.8 cm³/mol. The van der Waals surface area contributed by atoms with E-state index in [1.807, 2.05) is 12.3 Å². The third-order valence-corrected chi connectivity index (χ3v) is 5.05. The monoisotopic (exact) mass is 324 g/mol. The summed E-state index contributed by atoms with van der Waals surface area (Å²) in [7, 11) is 0. The first-order chi connectivity index (χ1) is 10.6. The lowest BCUT2D eigenvalue weighted by molar-refractivity contribution is -0.123. The third kappa shape index (κ3) is 3.07. The molecule has 22 heavy (non-hydrogen) atoms. The quantitative estimate of drug-likeness (QED) is 0.875. The summed E-state index contributed by atoms with van der Waals surface area (Å²) >= 11 is 1.41. The van der Waals surface area contributed by atoms with E-state index in [0.717, 1.165) is 32.4 Å². The summed E-state index contributed by atoms with van der Waals surface area (Å²) < 4.78 is 5.41. The second-order valence-corrected chi connectivity index (χ2v) is 6.61. The molecule has 2 aliphatic rings. The van der Waals surface area contributed by atoms with Crippen molar-refractivity contribution in [2.45, 2.75) is 37.8 Å². The fourth-order valence-corrected chi connectivity index (χ4v) is 3.64. The van der Waals surface area contributed by atoms with Gasteiger partial charge in [0.05, 0.1) is 12.6 Å². The van der Waals surface area contributed by atoms with Crippen molar-refractivity contribution in [2.24, 2.45) is 0 Å². The van der Waals surface area contributed by atoms with Gasteiger partial charge in [-0.25, -0.2) is 9.78 Å². The number of carbonyl (C=O) groups is 2. The molecule has 1 atom stereocenters. The zero-order valence-corrected chi connectivity index (χ0v) is 13.3. The smallest absolute Gasteiger partial charge is 0.407 e. The zero-order chi connectivity index (χ0) is 15.6. The normalized spacial score (nSPS) is 22.1. The van der Waals surface area contributed by atoms with Crippen molar-refractivity contribution in [3.63, 3.8) is 0 Å². The van der Waals surface area contributed by atoms with Crippen molar-refractivity contribution >= 4 is 28.5 Å². The molecule has 2 aliphatic heterocycles. The van der Waals surface area contributed by atoms with Crippen molar-refractivity contribution in [1.82, 2.24) is 15.2 Å². The Morgan fingerprint density at radius 1 is 1.59 bits per heavy atom. The van der Waals surface area contributed by atoms with Crippen LogP contribution in [0.5, 0.6) is 0 Å². The van der Waals surface area contributed by atoms with Gasteiger partial charge in [-0.05, 0) is 6.42 Å². The van der Waals surface area contributed by atoms with Gasteiger partial charge in [-0.2, -0.15) is 0 Å². The molecular formula is C14H20N4O3S. The van der Waals surface area contributed by atoms with Crippen LogP contribution in [0.1, 0.15) is 26.2 Å². The number of aromatic nitrogens is 1. The number of thiazole rings is 1. The molecule has 3 heterocycles. The van der Waals surface area contributed by atoms with E-state index in [1.54, 1.807) is 6.20 Å². The summed E-state index contributed by atoms with van der Waals surface area (Å²) in [6.45, 7) is 4.08. The molecule has 2 fully saturated rings. The van der Waals surface area contributed by atoms with Crippen LogP contribution in [0.15, 0.2) is 11.6 Å². The van der Waals surface area contributed by atoms with E-state index in [-0.39, 0.29) is 23.6 Å². The molecule has 8 heteroatoms. The van der Waals surface area contributed by atoms with Crippen molar-refractivity contribution in [2.75, 3.05) is 25.0 Å². The highest BCUT2D eigenvalue weighted by Crippen LogP contribution is 2.30. The van der Waals surface area contributed by atoms with Crippen LogP contribution in [0.3, 0.4) is 0 Å². The van der Waals surface area contributed by atoms with Crippen molar-refractivity contribution in [3.05, 3.63) is 11.6 Å². The molecule has 0 radical (unpaired) electrons. The number of rotatable bonds is 4. The summed E-state index contributed by atoms with van der Waals surface area (Å²) in [5.41, 5.74) is -0.377. The summed E-state index contributed by atoms with van der Waals surface area (Å²) in [4.78, 5) is 29.9. The summed E-state index contributed by atoms with van der Waals surface area (Å²) in [6.07, 6.45) is 3.59. The van der Waals surface area contributed by atoms with Gasteiger partial charge in [0.1, 0.15) is 5.60 Å². The average Bonchev–Trinajstić information content (AvgIpc) is 3.13. The number of hydrogen-bond acceptors (Lipinski definition) is 6. The number of hydrogen-bond donors (Lipinski definition) is 2. The highest BCUT2D eigenvalue weighted by molar-refractivity contribution is 7.13. The number of nitrogens with one attached hydrogen (secondary N) is 2. The van der Waals surface area contributed by atoms with E-state index >= 15 is 0 Å². The first-order valence-electron chi connectivity index (χ1n) is 7.53. The van der Waals surface area contributed by atoms with Crippen LogP contribution in [-0.4, -0.2) is 53.2 Å². The fraction of sp³-hybridized carbons (Fsp3) is 0.643. The van der Waals surface area contributed by atoms with Crippen molar-refractivity contribution in [3.8, 4) is 0 Å². The highest BCUT2D eigenvalue weighted by atomic mass is 32.1. The number of carbonyl (C=O) groups excluding carboxylic acids is 2. The summed E-state index contributed by atoms with van der Waals surface area (Å²) in [6, 6.07) is -0.175. The molecule has 3 rings (SSSR count). The van der Waals surface area contributed by atoms with Crippen LogP contribution >= 0.6 is 11.3 Å². The Labute approximate surface area is 133 Å². The van der Waals surface area contributed by atoms with E-state index in [0.29, 0.717) is 11.7 Å². The van der Waals surface area contributed by atoms with Gasteiger partial charge in [0, 0.05) is 37.5 Å². The van der Waals surface area contributed by atoms with Crippen LogP contribution in [0.2, 0.25) is 0 Å². The van der Waals surface area contributed by atoms with Gasteiger partial charge in [-0.15, -0.1) is 11.3 Å². The maximum absolute atomic E-state index is 12.4. The Morgan fingerprint density at radius 3 is 2.91 bits per heavy atom. The number of piperidine rings is 1. The Morgan fingerprint density at radius 2 is 2.36 bits per heavy atom.